The van der Waals surface area contributed by atoms with Crippen LogP contribution in [0.25, 0.3) is 6.08 Å². The maximum absolute atomic E-state index is 13.3. The van der Waals surface area contributed by atoms with Crippen LogP contribution in [0.1, 0.15) is 16.7 Å². The van der Waals surface area contributed by atoms with E-state index in [4.69, 9.17) is 4.74 Å². The van der Waals surface area contributed by atoms with E-state index in [0.29, 0.717) is 27.0 Å². The van der Waals surface area contributed by atoms with Crippen molar-refractivity contribution in [3.05, 3.63) is 98.6 Å². The molecule has 0 atom stereocenters. The van der Waals surface area contributed by atoms with Gasteiger partial charge < -0.3 is 10.1 Å². The molecule has 0 aliphatic carbocycles. The highest BCUT2D eigenvalue weighted by atomic mass is 79.9. The van der Waals surface area contributed by atoms with E-state index in [-0.39, 0.29) is 23.9 Å². The summed E-state index contributed by atoms with van der Waals surface area (Å²) in [6, 6.07) is 18.6. The van der Waals surface area contributed by atoms with Gasteiger partial charge in [0.25, 0.3) is 11.1 Å². The van der Waals surface area contributed by atoms with Gasteiger partial charge in [0.1, 0.15) is 24.7 Å². The summed E-state index contributed by atoms with van der Waals surface area (Å²) in [6.45, 7) is 1.73. The summed E-state index contributed by atoms with van der Waals surface area (Å²) in [5.74, 6) is -0.766. The lowest BCUT2D eigenvalue weighted by molar-refractivity contribution is -0.127. The zero-order valence-electron chi connectivity index (χ0n) is 18.6. The molecule has 0 spiro atoms. The number of carbonyl (C=O) groups is 3. The zero-order valence-corrected chi connectivity index (χ0v) is 21.0. The summed E-state index contributed by atoms with van der Waals surface area (Å²) in [6.07, 6.45) is 1.59. The minimum atomic E-state index is -0.526. The fourth-order valence-electron chi connectivity index (χ4n) is 3.37. The number of benzene rings is 3. The van der Waals surface area contributed by atoms with Gasteiger partial charge in [-0.1, -0.05) is 30.3 Å². The molecule has 6 nitrogen and oxygen atoms in total. The van der Waals surface area contributed by atoms with E-state index < -0.39 is 17.1 Å². The first kappa shape index (κ1) is 24.7. The van der Waals surface area contributed by atoms with E-state index in [9.17, 15) is 18.8 Å². The van der Waals surface area contributed by atoms with Gasteiger partial charge in [-0.05, 0) is 93.8 Å². The molecule has 9 heteroatoms. The SMILES string of the molecule is Cc1cccc(NC(=O)CN2C(=O)S/C(=C\c3ccc(OCc4cccc(F)c4)c(Br)c3)C2=O)c1. The Morgan fingerprint density at radius 2 is 1.91 bits per heavy atom. The Morgan fingerprint density at radius 3 is 2.66 bits per heavy atom. The van der Waals surface area contributed by atoms with Crippen LogP contribution in [0.5, 0.6) is 5.75 Å². The summed E-state index contributed by atoms with van der Waals surface area (Å²) in [4.78, 5) is 38.7. The zero-order chi connectivity index (χ0) is 24.9. The molecule has 1 aliphatic heterocycles. The lowest BCUT2D eigenvalue weighted by Gasteiger charge is -2.12. The first-order valence-electron chi connectivity index (χ1n) is 10.6. The number of aryl methyl sites for hydroxylation is 1. The molecule has 1 heterocycles. The number of nitrogens with one attached hydrogen (secondary N) is 1. The van der Waals surface area contributed by atoms with Gasteiger partial charge >= 0.3 is 0 Å². The smallest absolute Gasteiger partial charge is 0.294 e. The molecule has 1 saturated heterocycles. The molecule has 35 heavy (non-hydrogen) atoms. The second-order valence-corrected chi connectivity index (χ2v) is 9.64. The van der Waals surface area contributed by atoms with Crippen LogP contribution >= 0.6 is 27.7 Å². The molecule has 1 aliphatic rings. The maximum Gasteiger partial charge on any atom is 0.294 e. The van der Waals surface area contributed by atoms with Crippen molar-refractivity contribution < 1.29 is 23.5 Å². The number of rotatable bonds is 7. The average molecular weight is 555 g/mol. The van der Waals surface area contributed by atoms with Gasteiger partial charge in [-0.2, -0.15) is 0 Å². The molecule has 178 valence electrons. The van der Waals surface area contributed by atoms with E-state index in [1.165, 1.54) is 12.1 Å². The van der Waals surface area contributed by atoms with Crippen molar-refractivity contribution in [3.63, 3.8) is 0 Å². The fraction of sp³-hybridized carbons (Fsp3) is 0.115. The molecular formula is C26H20BrFN2O4S. The summed E-state index contributed by atoms with van der Waals surface area (Å²) >= 11 is 4.23. The molecular weight excluding hydrogens is 535 g/mol. The van der Waals surface area contributed by atoms with Crippen LogP contribution in [0.3, 0.4) is 0 Å². The molecule has 3 amide bonds. The van der Waals surface area contributed by atoms with Crippen molar-refractivity contribution in [2.24, 2.45) is 0 Å². The Balaban J connectivity index is 1.40. The predicted octanol–water partition coefficient (Wildman–Crippen LogP) is 6.15. The van der Waals surface area contributed by atoms with Crippen LogP contribution in [0, 0.1) is 12.7 Å². The topological polar surface area (TPSA) is 75.7 Å². The average Bonchev–Trinajstić information content (AvgIpc) is 3.06. The number of hydrogen-bond acceptors (Lipinski definition) is 5. The van der Waals surface area contributed by atoms with Crippen molar-refractivity contribution in [2.45, 2.75) is 13.5 Å². The van der Waals surface area contributed by atoms with E-state index >= 15 is 0 Å². The van der Waals surface area contributed by atoms with Crippen molar-refractivity contribution in [1.82, 2.24) is 4.90 Å². The number of nitrogens with zero attached hydrogens (tertiary/aromatic N) is 1. The molecule has 3 aromatic rings. The van der Waals surface area contributed by atoms with Gasteiger partial charge in [-0.3, -0.25) is 19.3 Å². The summed E-state index contributed by atoms with van der Waals surface area (Å²) in [7, 11) is 0. The van der Waals surface area contributed by atoms with E-state index in [1.54, 1.807) is 48.5 Å². The Hall–Kier alpha value is -3.43. The molecule has 1 N–H and O–H groups in total. The summed E-state index contributed by atoms with van der Waals surface area (Å²) in [5.41, 5.74) is 2.95. The van der Waals surface area contributed by atoms with Crippen LogP contribution in [0.2, 0.25) is 0 Å². The predicted molar refractivity (Wildman–Crippen MR) is 137 cm³/mol. The Bertz CT molecular complexity index is 1340. The quantitative estimate of drug-likeness (QED) is 0.354. The van der Waals surface area contributed by atoms with Crippen LogP contribution in [-0.4, -0.2) is 28.5 Å². The largest absolute Gasteiger partial charge is 0.488 e. The van der Waals surface area contributed by atoms with Crippen LogP contribution in [0.15, 0.2) is 76.1 Å². The molecule has 3 aromatic carbocycles. The molecule has 0 aromatic heterocycles. The molecule has 0 bridgehead atoms. The molecule has 0 unspecified atom stereocenters. The van der Waals surface area contributed by atoms with Crippen LogP contribution in [0.4, 0.5) is 14.9 Å². The summed E-state index contributed by atoms with van der Waals surface area (Å²) in [5, 5.41) is 2.20. The first-order chi connectivity index (χ1) is 16.8. The third-order valence-corrected chi connectivity index (χ3v) is 6.54. The third kappa shape index (κ3) is 6.37. The Labute approximate surface area is 214 Å². The van der Waals surface area contributed by atoms with Crippen LogP contribution in [-0.2, 0) is 16.2 Å². The number of ether oxygens (including phenoxy) is 1. The highest BCUT2D eigenvalue weighted by Crippen LogP contribution is 2.34. The minimum absolute atomic E-state index is 0.194. The Kier molecular flexibility index (Phi) is 7.67. The van der Waals surface area contributed by atoms with E-state index in [2.05, 4.69) is 21.2 Å². The number of thioether (sulfide) groups is 1. The number of halogens is 2. The Morgan fingerprint density at radius 1 is 1.11 bits per heavy atom. The van der Waals surface area contributed by atoms with Crippen molar-refractivity contribution in [1.29, 1.82) is 0 Å². The van der Waals surface area contributed by atoms with Gasteiger partial charge in [0.05, 0.1) is 9.38 Å². The second-order valence-electron chi connectivity index (χ2n) is 7.79. The molecule has 4 rings (SSSR count). The molecule has 0 saturated carbocycles. The molecule has 0 radical (unpaired) electrons. The standard InChI is InChI=1S/C26H20BrFN2O4S/c1-16-4-2-7-20(10-16)29-24(31)14-30-25(32)23(35-26(30)33)13-17-8-9-22(21(27)12-17)34-15-18-5-3-6-19(28)11-18/h2-13H,14-15H2,1H3,(H,29,31)/b23-13-. The molecule has 1 fully saturated rings. The van der Waals surface area contributed by atoms with Gasteiger partial charge in [0.2, 0.25) is 5.91 Å². The van der Waals surface area contributed by atoms with Gasteiger partial charge in [-0.25, -0.2) is 4.39 Å². The summed E-state index contributed by atoms with van der Waals surface area (Å²) < 4.78 is 19.7. The maximum atomic E-state index is 13.3. The first-order valence-corrected chi connectivity index (χ1v) is 12.2. The van der Waals surface area contributed by atoms with Crippen LogP contribution < -0.4 is 10.1 Å². The van der Waals surface area contributed by atoms with Crippen molar-refractivity contribution >= 4 is 56.5 Å². The van der Waals surface area contributed by atoms with Crippen molar-refractivity contribution in [2.75, 3.05) is 11.9 Å². The highest BCUT2D eigenvalue weighted by Gasteiger charge is 2.36. The van der Waals surface area contributed by atoms with E-state index in [1.807, 2.05) is 19.1 Å². The third-order valence-electron chi connectivity index (χ3n) is 5.01. The lowest BCUT2D eigenvalue weighted by Crippen LogP contribution is -2.36. The second kappa shape index (κ2) is 10.9. The number of amides is 3. The van der Waals surface area contributed by atoms with Gasteiger partial charge in [0, 0.05) is 5.69 Å². The van der Waals surface area contributed by atoms with Crippen molar-refractivity contribution in [3.8, 4) is 5.75 Å². The number of hydrogen-bond donors (Lipinski definition) is 1. The fourth-order valence-corrected chi connectivity index (χ4v) is 4.72. The lowest BCUT2D eigenvalue weighted by atomic mass is 10.2. The van der Waals surface area contributed by atoms with Gasteiger partial charge in [-0.15, -0.1) is 0 Å². The van der Waals surface area contributed by atoms with Gasteiger partial charge in [0.15, 0.2) is 0 Å². The minimum Gasteiger partial charge on any atom is -0.488 e. The number of carbonyl (C=O) groups excluding carboxylic acids is 3. The number of imide groups is 1. The monoisotopic (exact) mass is 554 g/mol. The number of anilines is 1. The highest BCUT2D eigenvalue weighted by molar-refractivity contribution is 9.10. The normalized spacial score (nSPS) is 14.5. The van der Waals surface area contributed by atoms with E-state index in [0.717, 1.165) is 22.2 Å².